The summed E-state index contributed by atoms with van der Waals surface area (Å²) in [5.74, 6) is 0.197. The molecule has 1 aliphatic heterocycles. The highest BCUT2D eigenvalue weighted by atomic mass is 32.1. The minimum Gasteiger partial charge on any atom is -0.472 e. The fourth-order valence-electron chi connectivity index (χ4n) is 2.93. The summed E-state index contributed by atoms with van der Waals surface area (Å²) in [4.78, 5) is 15.4. The van der Waals surface area contributed by atoms with Crippen LogP contribution in [0.4, 0.5) is 9.52 Å². The SMILES string of the molecule is CNc1nc(F)c(CN2C[C@H](Oc3ncc(C)nc3C)C[C@@H]2C)s1. The van der Waals surface area contributed by atoms with Gasteiger partial charge in [0.05, 0.1) is 22.5 Å². The number of nitrogens with zero attached hydrogens (tertiary/aromatic N) is 4. The summed E-state index contributed by atoms with van der Waals surface area (Å²) in [7, 11) is 1.75. The molecule has 2 atom stereocenters. The molecular weight excluding hydrogens is 329 g/mol. The van der Waals surface area contributed by atoms with Gasteiger partial charge in [-0.2, -0.15) is 9.37 Å². The smallest absolute Gasteiger partial charge is 0.235 e. The van der Waals surface area contributed by atoms with E-state index in [0.29, 0.717) is 28.5 Å². The summed E-state index contributed by atoms with van der Waals surface area (Å²) in [5.41, 5.74) is 1.68. The quantitative estimate of drug-likeness (QED) is 0.894. The molecule has 2 aromatic rings. The summed E-state index contributed by atoms with van der Waals surface area (Å²) in [6.45, 7) is 7.23. The zero-order valence-corrected chi connectivity index (χ0v) is 15.2. The first-order valence-electron chi connectivity index (χ1n) is 8.00. The number of thiazole rings is 1. The van der Waals surface area contributed by atoms with E-state index < -0.39 is 0 Å². The maximum atomic E-state index is 13.9. The third-order valence-corrected chi connectivity index (χ3v) is 5.21. The second-order valence-electron chi connectivity index (χ2n) is 6.14. The van der Waals surface area contributed by atoms with Crippen molar-refractivity contribution in [3.05, 3.63) is 28.4 Å². The number of likely N-dealkylation sites (tertiary alicyclic amines) is 1. The van der Waals surface area contributed by atoms with E-state index in [1.165, 1.54) is 11.3 Å². The molecule has 2 aromatic heterocycles. The van der Waals surface area contributed by atoms with Gasteiger partial charge in [0.25, 0.3) is 0 Å². The molecule has 3 heterocycles. The highest BCUT2D eigenvalue weighted by Crippen LogP contribution is 2.28. The molecule has 0 aliphatic carbocycles. The zero-order valence-electron chi connectivity index (χ0n) is 14.3. The summed E-state index contributed by atoms with van der Waals surface area (Å²) in [6.07, 6.45) is 2.63. The van der Waals surface area contributed by atoms with Gasteiger partial charge < -0.3 is 10.1 Å². The maximum Gasteiger partial charge on any atom is 0.235 e. The average molecular weight is 351 g/mol. The molecule has 0 amide bonds. The molecule has 1 saturated heterocycles. The lowest BCUT2D eigenvalue weighted by atomic mass is 10.2. The van der Waals surface area contributed by atoms with Crippen LogP contribution in [0.1, 0.15) is 29.6 Å². The van der Waals surface area contributed by atoms with E-state index in [4.69, 9.17) is 4.74 Å². The molecule has 0 bridgehead atoms. The van der Waals surface area contributed by atoms with Crippen LogP contribution in [0.15, 0.2) is 6.20 Å². The summed E-state index contributed by atoms with van der Waals surface area (Å²) < 4.78 is 19.9. The van der Waals surface area contributed by atoms with Gasteiger partial charge in [0.1, 0.15) is 6.10 Å². The van der Waals surface area contributed by atoms with Crippen molar-refractivity contribution >= 4 is 16.5 Å². The van der Waals surface area contributed by atoms with Gasteiger partial charge in [-0.25, -0.2) is 4.98 Å². The highest BCUT2D eigenvalue weighted by molar-refractivity contribution is 7.15. The first-order valence-corrected chi connectivity index (χ1v) is 8.81. The minimum absolute atomic E-state index is 0.0375. The Balaban J connectivity index is 1.64. The van der Waals surface area contributed by atoms with Gasteiger partial charge in [0.15, 0.2) is 5.13 Å². The van der Waals surface area contributed by atoms with E-state index in [9.17, 15) is 4.39 Å². The van der Waals surface area contributed by atoms with Crippen LogP contribution < -0.4 is 10.1 Å². The van der Waals surface area contributed by atoms with Crippen LogP contribution in [0.25, 0.3) is 0 Å². The number of rotatable bonds is 5. The van der Waals surface area contributed by atoms with Gasteiger partial charge in [-0.15, -0.1) is 0 Å². The number of anilines is 1. The minimum atomic E-state index is -0.388. The number of aromatic nitrogens is 3. The van der Waals surface area contributed by atoms with E-state index in [-0.39, 0.29) is 12.1 Å². The molecule has 0 unspecified atom stereocenters. The van der Waals surface area contributed by atoms with Crippen LogP contribution in [0.5, 0.6) is 5.88 Å². The van der Waals surface area contributed by atoms with E-state index in [1.54, 1.807) is 13.2 Å². The lowest BCUT2D eigenvalue weighted by Gasteiger charge is -2.19. The van der Waals surface area contributed by atoms with Gasteiger partial charge in [0, 0.05) is 32.6 Å². The first-order chi connectivity index (χ1) is 11.5. The van der Waals surface area contributed by atoms with Gasteiger partial charge in [0.2, 0.25) is 11.8 Å². The normalized spacial score (nSPS) is 21.2. The molecule has 1 N–H and O–H groups in total. The van der Waals surface area contributed by atoms with E-state index in [0.717, 1.165) is 24.4 Å². The van der Waals surface area contributed by atoms with Crippen LogP contribution in [0, 0.1) is 19.8 Å². The molecular formula is C16H22FN5OS. The standard InChI is InChI=1S/C16H22FN5OS/c1-9-6-19-15(11(3)20-9)23-12-5-10(2)22(7-12)8-13-14(17)21-16(18-4)24-13/h6,10,12H,5,7-8H2,1-4H3,(H,18,21)/t10-,12+/m0/s1. The fourth-order valence-corrected chi connectivity index (χ4v) is 3.76. The number of hydrogen-bond acceptors (Lipinski definition) is 7. The summed E-state index contributed by atoms with van der Waals surface area (Å²) in [5, 5.41) is 3.49. The van der Waals surface area contributed by atoms with Crippen molar-refractivity contribution in [2.75, 3.05) is 18.9 Å². The van der Waals surface area contributed by atoms with E-state index in [2.05, 4.69) is 32.1 Å². The van der Waals surface area contributed by atoms with Crippen molar-refractivity contribution < 1.29 is 9.13 Å². The van der Waals surface area contributed by atoms with Crippen molar-refractivity contribution in [3.8, 4) is 5.88 Å². The highest BCUT2D eigenvalue weighted by Gasteiger charge is 2.32. The predicted molar refractivity (Wildman–Crippen MR) is 92.0 cm³/mol. The van der Waals surface area contributed by atoms with Crippen molar-refractivity contribution in [2.24, 2.45) is 0 Å². The van der Waals surface area contributed by atoms with Crippen molar-refractivity contribution in [3.63, 3.8) is 0 Å². The summed E-state index contributed by atoms with van der Waals surface area (Å²) >= 11 is 1.36. The zero-order chi connectivity index (χ0) is 17.3. The molecule has 8 heteroatoms. The molecule has 130 valence electrons. The topological polar surface area (TPSA) is 63.2 Å². The van der Waals surface area contributed by atoms with Crippen molar-refractivity contribution in [1.29, 1.82) is 0 Å². The molecule has 24 heavy (non-hydrogen) atoms. The summed E-state index contributed by atoms with van der Waals surface area (Å²) in [6, 6.07) is 0.313. The Morgan fingerprint density at radius 1 is 1.42 bits per heavy atom. The Morgan fingerprint density at radius 3 is 2.88 bits per heavy atom. The maximum absolute atomic E-state index is 13.9. The molecule has 0 radical (unpaired) electrons. The van der Waals surface area contributed by atoms with Crippen LogP contribution in [0.2, 0.25) is 0 Å². The molecule has 6 nitrogen and oxygen atoms in total. The number of hydrogen-bond donors (Lipinski definition) is 1. The van der Waals surface area contributed by atoms with Gasteiger partial charge in [-0.3, -0.25) is 9.88 Å². The molecule has 3 rings (SSSR count). The Labute approximate surface area is 145 Å². The molecule has 0 aromatic carbocycles. The monoisotopic (exact) mass is 351 g/mol. The van der Waals surface area contributed by atoms with Crippen LogP contribution >= 0.6 is 11.3 Å². The third kappa shape index (κ3) is 3.64. The number of halogens is 1. The first kappa shape index (κ1) is 17.0. The van der Waals surface area contributed by atoms with Gasteiger partial charge in [-0.05, 0) is 20.8 Å². The van der Waals surface area contributed by atoms with E-state index >= 15 is 0 Å². The van der Waals surface area contributed by atoms with Gasteiger partial charge in [-0.1, -0.05) is 11.3 Å². The van der Waals surface area contributed by atoms with Crippen molar-refractivity contribution in [1.82, 2.24) is 19.9 Å². The van der Waals surface area contributed by atoms with Crippen LogP contribution in [-0.4, -0.2) is 45.6 Å². The van der Waals surface area contributed by atoms with Crippen LogP contribution in [0.3, 0.4) is 0 Å². The van der Waals surface area contributed by atoms with E-state index in [1.807, 2.05) is 13.8 Å². The number of aryl methyl sites for hydroxylation is 2. The predicted octanol–water partition coefficient (Wildman–Crippen LogP) is 2.77. The Bertz CT molecular complexity index is 722. The van der Waals surface area contributed by atoms with Crippen LogP contribution in [-0.2, 0) is 6.54 Å². The molecule has 1 fully saturated rings. The Kier molecular flexibility index (Phi) is 4.96. The lowest BCUT2D eigenvalue weighted by molar-refractivity contribution is 0.186. The lowest BCUT2D eigenvalue weighted by Crippen LogP contribution is -2.28. The molecule has 0 saturated carbocycles. The second-order valence-corrected chi connectivity index (χ2v) is 7.22. The fraction of sp³-hybridized carbons (Fsp3) is 0.562. The van der Waals surface area contributed by atoms with Gasteiger partial charge >= 0.3 is 0 Å². The van der Waals surface area contributed by atoms with Crippen molar-refractivity contribution in [2.45, 2.75) is 45.9 Å². The number of nitrogens with one attached hydrogen (secondary N) is 1. The Morgan fingerprint density at radius 2 is 2.21 bits per heavy atom. The number of ether oxygens (including phenoxy) is 1. The largest absolute Gasteiger partial charge is 0.472 e. The second kappa shape index (κ2) is 6.98. The molecule has 1 aliphatic rings. The Hall–Kier alpha value is -1.80. The average Bonchev–Trinajstić information content (AvgIpc) is 3.06. The third-order valence-electron chi connectivity index (χ3n) is 4.18. The molecule has 0 spiro atoms.